The number of fused-ring (bicyclic) bond motifs is 1. The zero-order valence-electron chi connectivity index (χ0n) is 11.3. The van der Waals surface area contributed by atoms with E-state index >= 15 is 0 Å². The van der Waals surface area contributed by atoms with Gasteiger partial charge in [-0.2, -0.15) is 0 Å². The van der Waals surface area contributed by atoms with Crippen LogP contribution in [0, 0.1) is 0 Å². The second-order valence-corrected chi connectivity index (χ2v) is 4.29. The Bertz CT molecular complexity index is 722. The van der Waals surface area contributed by atoms with Crippen molar-refractivity contribution in [2.75, 3.05) is 0 Å². The predicted octanol–water partition coefficient (Wildman–Crippen LogP) is 1.63. The van der Waals surface area contributed by atoms with Gasteiger partial charge in [-0.25, -0.2) is 19.2 Å². The van der Waals surface area contributed by atoms with Crippen LogP contribution in [0.2, 0.25) is 0 Å². The molecule has 0 spiro atoms. The molecule has 2 rings (SSSR count). The van der Waals surface area contributed by atoms with E-state index in [2.05, 4.69) is 0 Å². The SMILES string of the molecule is O=C(O)c1ccc(C(=O)O)c2c(C(=O)O)ccc(C(=O)O)c12.[Cu].[Cu]. The van der Waals surface area contributed by atoms with Crippen molar-refractivity contribution in [3.8, 4) is 0 Å². The Morgan fingerprint density at radius 3 is 0.792 bits per heavy atom. The van der Waals surface area contributed by atoms with Gasteiger partial charge < -0.3 is 20.4 Å². The second kappa shape index (κ2) is 7.94. The molecular formula is C14H8Cu2O8. The number of carbonyl (C=O) groups is 4. The Morgan fingerprint density at radius 2 is 0.667 bits per heavy atom. The molecule has 8 nitrogen and oxygen atoms in total. The number of hydrogen-bond acceptors (Lipinski definition) is 4. The van der Waals surface area contributed by atoms with Crippen LogP contribution in [0.15, 0.2) is 24.3 Å². The first-order chi connectivity index (χ1) is 10.3. The van der Waals surface area contributed by atoms with Gasteiger partial charge in [-0.15, -0.1) is 0 Å². The van der Waals surface area contributed by atoms with E-state index in [0.29, 0.717) is 0 Å². The first-order valence-corrected chi connectivity index (χ1v) is 5.78. The van der Waals surface area contributed by atoms with E-state index in [9.17, 15) is 19.2 Å². The minimum Gasteiger partial charge on any atom is -0.478 e. The summed E-state index contributed by atoms with van der Waals surface area (Å²) in [5.41, 5.74) is -1.94. The maximum absolute atomic E-state index is 11.3. The molecule has 0 aliphatic rings. The summed E-state index contributed by atoms with van der Waals surface area (Å²) in [7, 11) is 0. The van der Waals surface area contributed by atoms with Crippen LogP contribution in [0.4, 0.5) is 0 Å². The third kappa shape index (κ3) is 3.57. The fourth-order valence-corrected chi connectivity index (χ4v) is 2.21. The standard InChI is InChI=1S/C14H8O8.2Cu/c15-11(16)5-1-2-6(12(17)18)10-8(14(21)22)4-3-7(9(5)10)13(19)20;;/h1-4H,(H,15,16)(H,17,18)(H,19,20)(H,21,22);;. The summed E-state index contributed by atoms with van der Waals surface area (Å²) in [5.74, 6) is -5.97. The fraction of sp³-hybridized carbons (Fsp3) is 0. The van der Waals surface area contributed by atoms with E-state index in [1.54, 1.807) is 0 Å². The summed E-state index contributed by atoms with van der Waals surface area (Å²) in [6.45, 7) is 0. The van der Waals surface area contributed by atoms with Gasteiger partial charge in [-0.1, -0.05) is 0 Å². The van der Waals surface area contributed by atoms with Crippen molar-refractivity contribution in [2.45, 2.75) is 0 Å². The fourth-order valence-electron chi connectivity index (χ4n) is 2.21. The Labute approximate surface area is 155 Å². The average molecular weight is 431 g/mol. The van der Waals surface area contributed by atoms with Crippen molar-refractivity contribution in [3.63, 3.8) is 0 Å². The zero-order chi connectivity index (χ0) is 16.6. The van der Waals surface area contributed by atoms with Crippen LogP contribution in [0.3, 0.4) is 0 Å². The first-order valence-electron chi connectivity index (χ1n) is 5.78. The van der Waals surface area contributed by atoms with Crippen LogP contribution in [0.25, 0.3) is 10.8 Å². The van der Waals surface area contributed by atoms with Crippen molar-refractivity contribution < 1.29 is 73.7 Å². The Morgan fingerprint density at radius 1 is 0.500 bits per heavy atom. The molecule has 4 N–H and O–H groups in total. The molecular weight excluding hydrogens is 423 g/mol. The van der Waals surface area contributed by atoms with Gasteiger partial charge in [-0.3, -0.25) is 0 Å². The minimum atomic E-state index is -1.49. The van der Waals surface area contributed by atoms with E-state index in [-0.39, 0.29) is 34.1 Å². The van der Waals surface area contributed by atoms with Crippen molar-refractivity contribution in [1.82, 2.24) is 0 Å². The third-order valence-electron chi connectivity index (χ3n) is 3.08. The molecule has 0 unspecified atom stereocenters. The number of rotatable bonds is 4. The molecule has 0 aliphatic carbocycles. The maximum atomic E-state index is 11.3. The molecule has 0 saturated heterocycles. The van der Waals surface area contributed by atoms with Gasteiger partial charge in [0, 0.05) is 44.9 Å². The van der Waals surface area contributed by atoms with E-state index in [1.165, 1.54) is 0 Å². The molecule has 0 fully saturated rings. The number of carboxylic acids is 4. The Balaban J connectivity index is 0.00000264. The zero-order valence-corrected chi connectivity index (χ0v) is 13.2. The van der Waals surface area contributed by atoms with Gasteiger partial charge in [0.05, 0.1) is 22.3 Å². The van der Waals surface area contributed by atoms with E-state index in [1.807, 2.05) is 0 Å². The number of benzene rings is 2. The molecule has 134 valence electrons. The van der Waals surface area contributed by atoms with Crippen molar-refractivity contribution in [2.24, 2.45) is 0 Å². The molecule has 0 aromatic heterocycles. The summed E-state index contributed by atoms with van der Waals surface area (Å²) >= 11 is 0. The topological polar surface area (TPSA) is 149 Å². The van der Waals surface area contributed by atoms with E-state index < -0.39 is 56.9 Å². The molecule has 0 bridgehead atoms. The van der Waals surface area contributed by atoms with Crippen LogP contribution < -0.4 is 0 Å². The quantitative estimate of drug-likeness (QED) is 0.534. The first kappa shape index (κ1) is 21.6. The molecule has 24 heavy (non-hydrogen) atoms. The Hall–Kier alpha value is -2.38. The van der Waals surface area contributed by atoms with Crippen LogP contribution in [-0.2, 0) is 34.1 Å². The molecule has 10 heteroatoms. The Kier molecular flexibility index (Phi) is 7.15. The van der Waals surface area contributed by atoms with Gasteiger partial charge in [0.1, 0.15) is 0 Å². The van der Waals surface area contributed by atoms with Gasteiger partial charge in [0.2, 0.25) is 0 Å². The van der Waals surface area contributed by atoms with E-state index in [0.717, 1.165) is 24.3 Å². The summed E-state index contributed by atoms with van der Waals surface area (Å²) in [6.07, 6.45) is 0. The summed E-state index contributed by atoms with van der Waals surface area (Å²) in [5, 5.41) is 35.8. The van der Waals surface area contributed by atoms with E-state index in [4.69, 9.17) is 20.4 Å². The molecule has 2 radical (unpaired) electrons. The smallest absolute Gasteiger partial charge is 0.336 e. The summed E-state index contributed by atoms with van der Waals surface area (Å²) in [6, 6.07) is 3.75. The normalized spacial score (nSPS) is 9.50. The minimum absolute atomic E-state index is 0. The molecule has 0 amide bonds. The monoisotopic (exact) mass is 430 g/mol. The van der Waals surface area contributed by atoms with Gasteiger partial charge in [0.15, 0.2) is 0 Å². The molecule has 2 aromatic carbocycles. The third-order valence-corrected chi connectivity index (χ3v) is 3.08. The van der Waals surface area contributed by atoms with Crippen molar-refractivity contribution in [3.05, 3.63) is 46.5 Å². The molecule has 0 aliphatic heterocycles. The molecule has 0 heterocycles. The van der Waals surface area contributed by atoms with Crippen molar-refractivity contribution >= 4 is 34.6 Å². The largest absolute Gasteiger partial charge is 0.478 e. The van der Waals surface area contributed by atoms with Crippen LogP contribution in [-0.4, -0.2) is 44.3 Å². The van der Waals surface area contributed by atoms with Gasteiger partial charge in [0.25, 0.3) is 0 Å². The number of hydrogen-bond donors (Lipinski definition) is 4. The van der Waals surface area contributed by atoms with Crippen LogP contribution in [0.5, 0.6) is 0 Å². The van der Waals surface area contributed by atoms with Gasteiger partial charge >= 0.3 is 23.9 Å². The average Bonchev–Trinajstić information content (AvgIpc) is 2.43. The number of carboxylic acid groups (broad SMARTS) is 4. The number of aromatic carboxylic acids is 4. The molecule has 0 saturated carbocycles. The van der Waals surface area contributed by atoms with Crippen LogP contribution in [0.1, 0.15) is 41.4 Å². The maximum Gasteiger partial charge on any atom is 0.336 e. The van der Waals surface area contributed by atoms with Crippen molar-refractivity contribution in [1.29, 1.82) is 0 Å². The second-order valence-electron chi connectivity index (χ2n) is 4.29. The molecule has 0 atom stereocenters. The summed E-state index contributed by atoms with van der Waals surface area (Å²) in [4.78, 5) is 45.1. The predicted molar refractivity (Wildman–Crippen MR) is 71.8 cm³/mol. The molecule has 2 aromatic rings. The van der Waals surface area contributed by atoms with Crippen LogP contribution >= 0.6 is 0 Å². The summed E-state index contributed by atoms with van der Waals surface area (Å²) < 4.78 is 0. The van der Waals surface area contributed by atoms with Gasteiger partial charge in [-0.05, 0) is 24.3 Å².